The average molecular weight is 314 g/mol. The van der Waals surface area contributed by atoms with Gasteiger partial charge in [-0.3, -0.25) is 15.0 Å². The predicted octanol–water partition coefficient (Wildman–Crippen LogP) is 2.36. The Morgan fingerprint density at radius 1 is 1.14 bits per heavy atom. The molecule has 0 saturated heterocycles. The average Bonchev–Trinajstić information content (AvgIpc) is 2.53. The van der Waals surface area contributed by atoms with Gasteiger partial charge in [0, 0.05) is 5.02 Å². The summed E-state index contributed by atoms with van der Waals surface area (Å²) in [5.74, 6) is -0.304. The molecular weight excluding hydrogens is 302 g/mol. The van der Waals surface area contributed by atoms with Crippen molar-refractivity contribution in [3.05, 3.63) is 75.8 Å². The minimum Gasteiger partial charge on any atom is -0.273 e. The third-order valence-electron chi connectivity index (χ3n) is 3.19. The molecule has 22 heavy (non-hydrogen) atoms. The van der Waals surface area contributed by atoms with Crippen molar-refractivity contribution < 1.29 is 4.79 Å². The molecule has 0 bridgehead atoms. The molecule has 0 radical (unpaired) electrons. The fraction of sp³-hybridized carbons (Fsp3) is 0.0625. The second kappa shape index (κ2) is 5.99. The fourth-order valence-corrected chi connectivity index (χ4v) is 2.24. The maximum atomic E-state index is 12.3. The number of carbonyl (C=O) groups excluding carboxylic acids is 1. The number of halogens is 1. The normalized spacial score (nSPS) is 10.6. The summed E-state index contributed by atoms with van der Waals surface area (Å²) < 4.78 is 1.10. The maximum Gasteiger partial charge on any atom is 0.280 e. The second-order valence-corrected chi connectivity index (χ2v) is 5.21. The first kappa shape index (κ1) is 14.3. The van der Waals surface area contributed by atoms with E-state index in [-0.39, 0.29) is 17.9 Å². The quantitative estimate of drug-likeness (QED) is 0.807. The van der Waals surface area contributed by atoms with Gasteiger partial charge in [-0.1, -0.05) is 35.9 Å². The molecule has 1 amide bonds. The number of nitrogens with zero attached hydrogens (tertiary/aromatic N) is 2. The van der Waals surface area contributed by atoms with Crippen LogP contribution in [0.4, 0.5) is 0 Å². The highest BCUT2D eigenvalue weighted by Crippen LogP contribution is 2.10. The van der Waals surface area contributed by atoms with Crippen LogP contribution in [0, 0.1) is 0 Å². The molecule has 110 valence electrons. The zero-order valence-electron chi connectivity index (χ0n) is 11.5. The Hall–Kier alpha value is -2.66. The highest BCUT2D eigenvalue weighted by Gasteiger charge is 2.07. The van der Waals surface area contributed by atoms with Crippen LogP contribution in [0.15, 0.2) is 59.7 Å². The van der Waals surface area contributed by atoms with Gasteiger partial charge < -0.3 is 0 Å². The molecule has 0 aliphatic heterocycles. The molecule has 0 aliphatic rings. The Bertz CT molecular complexity index is 888. The smallest absolute Gasteiger partial charge is 0.273 e. The minimum atomic E-state index is -0.310. The highest BCUT2D eigenvalue weighted by molar-refractivity contribution is 6.30. The summed E-state index contributed by atoms with van der Waals surface area (Å²) in [6.07, 6.45) is 1.46. The number of carbonyl (C=O) groups is 1. The molecule has 0 aliphatic carbocycles. The number of benzene rings is 2. The molecule has 0 spiro atoms. The maximum absolute atomic E-state index is 12.3. The Balaban J connectivity index is 1.81. The van der Waals surface area contributed by atoms with E-state index in [1.807, 2.05) is 0 Å². The van der Waals surface area contributed by atoms with Crippen LogP contribution in [-0.4, -0.2) is 15.6 Å². The van der Waals surface area contributed by atoms with E-state index in [4.69, 9.17) is 11.6 Å². The number of amides is 1. The van der Waals surface area contributed by atoms with Crippen molar-refractivity contribution in [1.29, 1.82) is 0 Å². The Labute approximate surface area is 131 Å². The van der Waals surface area contributed by atoms with E-state index in [0.717, 1.165) is 10.2 Å². The van der Waals surface area contributed by atoms with Crippen molar-refractivity contribution in [2.45, 2.75) is 6.42 Å². The molecule has 3 aromatic rings. The fourth-order valence-electron chi connectivity index (χ4n) is 2.11. The van der Waals surface area contributed by atoms with E-state index in [2.05, 4.69) is 10.4 Å². The van der Waals surface area contributed by atoms with Crippen molar-refractivity contribution in [2.24, 2.45) is 0 Å². The van der Waals surface area contributed by atoms with Crippen molar-refractivity contribution in [2.75, 3.05) is 5.43 Å². The van der Waals surface area contributed by atoms with Gasteiger partial charge in [0.2, 0.25) is 5.91 Å². The van der Waals surface area contributed by atoms with Crippen molar-refractivity contribution in [3.63, 3.8) is 0 Å². The SMILES string of the molecule is O=C(Cc1ccc(Cl)cc1)Nn1cnc2ccccc2c1=O. The van der Waals surface area contributed by atoms with Crippen molar-refractivity contribution in [3.8, 4) is 0 Å². The van der Waals surface area contributed by atoms with E-state index in [9.17, 15) is 9.59 Å². The second-order valence-electron chi connectivity index (χ2n) is 4.78. The molecule has 0 saturated carbocycles. The predicted molar refractivity (Wildman–Crippen MR) is 85.5 cm³/mol. The number of hydrogen-bond acceptors (Lipinski definition) is 3. The molecule has 0 fully saturated rings. The molecule has 0 atom stereocenters. The van der Waals surface area contributed by atoms with Gasteiger partial charge in [0.15, 0.2) is 0 Å². The monoisotopic (exact) mass is 313 g/mol. The van der Waals surface area contributed by atoms with Crippen LogP contribution >= 0.6 is 11.6 Å². The zero-order valence-corrected chi connectivity index (χ0v) is 12.2. The lowest BCUT2D eigenvalue weighted by Crippen LogP contribution is -2.34. The van der Waals surface area contributed by atoms with Crippen LogP contribution in [0.2, 0.25) is 5.02 Å². The standard InChI is InChI=1S/C16H12ClN3O2/c17-12-7-5-11(6-8-12)9-15(21)19-20-10-18-14-4-2-1-3-13(14)16(20)22/h1-8,10H,9H2,(H,19,21). The summed E-state index contributed by atoms with van der Waals surface area (Å²) in [7, 11) is 0. The van der Waals surface area contributed by atoms with Gasteiger partial charge in [0.05, 0.1) is 17.3 Å². The topological polar surface area (TPSA) is 64.0 Å². The van der Waals surface area contributed by atoms with Gasteiger partial charge in [-0.15, -0.1) is 0 Å². The number of aromatic nitrogens is 2. The Kier molecular flexibility index (Phi) is 3.89. The van der Waals surface area contributed by atoms with Crippen molar-refractivity contribution in [1.82, 2.24) is 9.66 Å². The molecule has 1 aromatic heterocycles. The number of para-hydroxylation sites is 1. The molecule has 0 unspecified atom stereocenters. The van der Waals surface area contributed by atoms with Crippen LogP contribution in [0.3, 0.4) is 0 Å². The van der Waals surface area contributed by atoms with Gasteiger partial charge >= 0.3 is 0 Å². The Morgan fingerprint density at radius 3 is 2.64 bits per heavy atom. The highest BCUT2D eigenvalue weighted by atomic mass is 35.5. The molecule has 1 heterocycles. The number of nitrogens with one attached hydrogen (secondary N) is 1. The number of hydrogen-bond donors (Lipinski definition) is 1. The largest absolute Gasteiger partial charge is 0.280 e. The summed E-state index contributed by atoms with van der Waals surface area (Å²) in [4.78, 5) is 28.4. The lowest BCUT2D eigenvalue weighted by molar-refractivity contribution is -0.116. The zero-order chi connectivity index (χ0) is 15.5. The van der Waals surface area contributed by atoms with E-state index < -0.39 is 0 Å². The third kappa shape index (κ3) is 2.99. The van der Waals surface area contributed by atoms with Crippen LogP contribution in [0.5, 0.6) is 0 Å². The number of fused-ring (bicyclic) bond motifs is 1. The summed E-state index contributed by atoms with van der Waals surface area (Å²) >= 11 is 5.80. The molecule has 1 N–H and O–H groups in total. The molecule has 3 rings (SSSR count). The lowest BCUT2D eigenvalue weighted by Gasteiger charge is -2.08. The van der Waals surface area contributed by atoms with E-state index >= 15 is 0 Å². The van der Waals surface area contributed by atoms with Crippen LogP contribution in [0.25, 0.3) is 10.9 Å². The molecule has 6 heteroatoms. The molecule has 5 nitrogen and oxygen atoms in total. The molecular formula is C16H12ClN3O2. The van der Waals surface area contributed by atoms with E-state index in [0.29, 0.717) is 15.9 Å². The van der Waals surface area contributed by atoms with Crippen LogP contribution < -0.4 is 11.0 Å². The summed E-state index contributed by atoms with van der Waals surface area (Å²) in [6.45, 7) is 0. The summed E-state index contributed by atoms with van der Waals surface area (Å²) in [6, 6.07) is 13.9. The van der Waals surface area contributed by atoms with Gasteiger partial charge in [-0.25, -0.2) is 9.66 Å². The van der Waals surface area contributed by atoms with Gasteiger partial charge in [-0.2, -0.15) is 0 Å². The van der Waals surface area contributed by atoms with Gasteiger partial charge in [0.1, 0.15) is 6.33 Å². The molecule has 2 aromatic carbocycles. The van der Waals surface area contributed by atoms with Gasteiger partial charge in [-0.05, 0) is 29.8 Å². The lowest BCUT2D eigenvalue weighted by atomic mass is 10.1. The van der Waals surface area contributed by atoms with E-state index in [1.54, 1.807) is 48.5 Å². The number of rotatable bonds is 3. The first-order chi connectivity index (χ1) is 10.6. The van der Waals surface area contributed by atoms with Crippen LogP contribution in [-0.2, 0) is 11.2 Å². The van der Waals surface area contributed by atoms with E-state index in [1.165, 1.54) is 6.33 Å². The first-order valence-corrected chi connectivity index (χ1v) is 7.02. The van der Waals surface area contributed by atoms with Gasteiger partial charge in [0.25, 0.3) is 5.56 Å². The van der Waals surface area contributed by atoms with Crippen LogP contribution in [0.1, 0.15) is 5.56 Å². The first-order valence-electron chi connectivity index (χ1n) is 6.64. The third-order valence-corrected chi connectivity index (χ3v) is 3.44. The van der Waals surface area contributed by atoms with Crippen molar-refractivity contribution >= 4 is 28.4 Å². The minimum absolute atomic E-state index is 0.149. The summed E-state index contributed by atoms with van der Waals surface area (Å²) in [5.41, 5.74) is 3.63. The Morgan fingerprint density at radius 2 is 1.86 bits per heavy atom. The summed E-state index contributed by atoms with van der Waals surface area (Å²) in [5, 5.41) is 1.07.